The Bertz CT molecular complexity index is 770. The minimum absolute atomic E-state index is 0.186. The Hall–Kier alpha value is -2.17. The Morgan fingerprint density at radius 3 is 2.52 bits per heavy atom. The highest BCUT2D eigenvalue weighted by molar-refractivity contribution is 7.89. The van der Waals surface area contributed by atoms with Gasteiger partial charge in [0.25, 0.3) is 0 Å². The molecule has 1 heterocycles. The summed E-state index contributed by atoms with van der Waals surface area (Å²) < 4.78 is 28.6. The molecule has 0 saturated carbocycles. The number of nitrogens with one attached hydrogen (secondary N) is 1. The lowest BCUT2D eigenvalue weighted by Crippen LogP contribution is -2.23. The van der Waals surface area contributed by atoms with E-state index in [4.69, 9.17) is 5.26 Å². The molecular formula is C14H16N4O2S. The monoisotopic (exact) mass is 304 g/mol. The van der Waals surface area contributed by atoms with Crippen molar-refractivity contribution in [1.82, 2.24) is 14.5 Å². The number of hydrogen-bond acceptors (Lipinski definition) is 4. The normalized spacial score (nSPS) is 11.3. The third-order valence-corrected chi connectivity index (χ3v) is 4.72. The lowest BCUT2D eigenvalue weighted by atomic mass is 10.2. The average Bonchev–Trinajstić information content (AvgIpc) is 2.78. The zero-order valence-corrected chi connectivity index (χ0v) is 12.7. The van der Waals surface area contributed by atoms with E-state index in [9.17, 15) is 8.42 Å². The third-order valence-electron chi connectivity index (χ3n) is 3.31. The van der Waals surface area contributed by atoms with E-state index < -0.39 is 10.0 Å². The Kier molecular flexibility index (Phi) is 4.40. The molecule has 0 aliphatic heterocycles. The molecule has 6 nitrogen and oxygen atoms in total. The topological polar surface area (TPSA) is 87.8 Å². The van der Waals surface area contributed by atoms with E-state index in [1.165, 1.54) is 12.1 Å². The second kappa shape index (κ2) is 6.08. The van der Waals surface area contributed by atoms with Crippen LogP contribution in [-0.2, 0) is 30.0 Å². The van der Waals surface area contributed by atoms with Gasteiger partial charge >= 0.3 is 0 Å². The molecule has 0 spiro atoms. The molecule has 0 saturated heterocycles. The lowest BCUT2D eigenvalue weighted by Gasteiger charge is -2.07. The first kappa shape index (κ1) is 15.2. The van der Waals surface area contributed by atoms with Gasteiger partial charge in [-0.05, 0) is 24.6 Å². The summed E-state index contributed by atoms with van der Waals surface area (Å²) in [4.78, 5) is 0.186. The third kappa shape index (κ3) is 3.48. The number of aryl methyl sites for hydroxylation is 1. The van der Waals surface area contributed by atoms with Gasteiger partial charge in [0.05, 0.1) is 23.6 Å². The average molecular weight is 304 g/mol. The molecule has 0 bridgehead atoms. The summed E-state index contributed by atoms with van der Waals surface area (Å²) in [6, 6.07) is 8.33. The number of sulfonamides is 1. The number of nitriles is 1. The van der Waals surface area contributed by atoms with Crippen LogP contribution in [0.3, 0.4) is 0 Å². The summed E-state index contributed by atoms with van der Waals surface area (Å²) in [5, 5.41) is 12.7. The molecule has 1 aromatic carbocycles. The van der Waals surface area contributed by atoms with Crippen molar-refractivity contribution in [3.8, 4) is 6.07 Å². The lowest BCUT2D eigenvalue weighted by molar-refractivity contribution is 0.581. The Balaban J connectivity index is 2.11. The summed E-state index contributed by atoms with van der Waals surface area (Å²) in [7, 11) is -1.76. The number of hydrogen-bond donors (Lipinski definition) is 1. The fraction of sp³-hybridized carbons (Fsp3) is 0.286. The van der Waals surface area contributed by atoms with Crippen LogP contribution < -0.4 is 4.72 Å². The molecule has 0 aliphatic carbocycles. The van der Waals surface area contributed by atoms with Crippen molar-refractivity contribution in [2.24, 2.45) is 7.05 Å². The van der Waals surface area contributed by atoms with Crippen molar-refractivity contribution in [1.29, 1.82) is 5.26 Å². The predicted octanol–water partition coefficient (Wildman–Crippen LogP) is 1.27. The van der Waals surface area contributed by atoms with Gasteiger partial charge < -0.3 is 0 Å². The standard InChI is InChI=1S/C14H16N4O2S/c1-11-13(9-16-18(11)2)10-17-21(19,20)14-5-3-12(4-6-14)7-8-15/h3-6,9,17H,7,10H2,1-2H3. The minimum Gasteiger partial charge on any atom is -0.273 e. The Labute approximate surface area is 124 Å². The van der Waals surface area contributed by atoms with E-state index in [0.29, 0.717) is 0 Å². The van der Waals surface area contributed by atoms with Crippen LogP contribution in [0, 0.1) is 18.3 Å². The van der Waals surface area contributed by atoms with Gasteiger partial charge in [-0.1, -0.05) is 12.1 Å². The first-order valence-corrected chi connectivity index (χ1v) is 7.85. The number of nitrogens with zero attached hydrogens (tertiary/aromatic N) is 3. The molecule has 0 unspecified atom stereocenters. The number of aromatic nitrogens is 2. The van der Waals surface area contributed by atoms with Crippen molar-refractivity contribution in [2.75, 3.05) is 0 Å². The molecule has 0 radical (unpaired) electrons. The first-order chi connectivity index (χ1) is 9.94. The fourth-order valence-electron chi connectivity index (χ4n) is 1.85. The van der Waals surface area contributed by atoms with Crippen LogP contribution in [0.5, 0.6) is 0 Å². The maximum absolute atomic E-state index is 12.2. The van der Waals surface area contributed by atoms with Crippen LogP contribution in [0.1, 0.15) is 16.8 Å². The number of rotatable bonds is 5. The maximum atomic E-state index is 12.2. The molecule has 21 heavy (non-hydrogen) atoms. The number of benzene rings is 1. The van der Waals surface area contributed by atoms with E-state index in [-0.39, 0.29) is 17.9 Å². The van der Waals surface area contributed by atoms with Gasteiger partial charge in [0.1, 0.15) is 0 Å². The second-order valence-electron chi connectivity index (χ2n) is 4.68. The van der Waals surface area contributed by atoms with Crippen LogP contribution in [0.25, 0.3) is 0 Å². The van der Waals surface area contributed by atoms with Gasteiger partial charge in [0.15, 0.2) is 0 Å². The van der Waals surface area contributed by atoms with E-state index in [2.05, 4.69) is 9.82 Å². The van der Waals surface area contributed by atoms with Crippen molar-refractivity contribution >= 4 is 10.0 Å². The maximum Gasteiger partial charge on any atom is 0.240 e. The van der Waals surface area contributed by atoms with E-state index in [1.807, 2.05) is 13.0 Å². The van der Waals surface area contributed by atoms with Gasteiger partial charge in [0.2, 0.25) is 10.0 Å². The minimum atomic E-state index is -3.57. The zero-order chi connectivity index (χ0) is 15.5. The molecule has 0 aliphatic rings. The molecule has 0 atom stereocenters. The molecule has 1 N–H and O–H groups in total. The summed E-state index contributed by atoms with van der Waals surface area (Å²) in [6.07, 6.45) is 1.91. The van der Waals surface area contributed by atoms with E-state index in [0.717, 1.165) is 16.8 Å². The fourth-order valence-corrected chi connectivity index (χ4v) is 2.86. The molecule has 7 heteroatoms. The molecule has 2 rings (SSSR count). The van der Waals surface area contributed by atoms with Gasteiger partial charge in [-0.15, -0.1) is 0 Å². The summed E-state index contributed by atoms with van der Waals surface area (Å²) >= 11 is 0. The van der Waals surface area contributed by atoms with Crippen LogP contribution in [0.4, 0.5) is 0 Å². The summed E-state index contributed by atoms with van der Waals surface area (Å²) in [5.74, 6) is 0. The SMILES string of the molecule is Cc1c(CNS(=O)(=O)c2ccc(CC#N)cc2)cnn1C. The van der Waals surface area contributed by atoms with Gasteiger partial charge in [0, 0.05) is 24.8 Å². The predicted molar refractivity (Wildman–Crippen MR) is 77.7 cm³/mol. The van der Waals surface area contributed by atoms with Crippen LogP contribution in [-0.4, -0.2) is 18.2 Å². The molecule has 0 fully saturated rings. The molecule has 110 valence electrons. The quantitative estimate of drug-likeness (QED) is 0.901. The highest BCUT2D eigenvalue weighted by Crippen LogP contribution is 2.12. The smallest absolute Gasteiger partial charge is 0.240 e. The van der Waals surface area contributed by atoms with E-state index >= 15 is 0 Å². The summed E-state index contributed by atoms with van der Waals surface area (Å²) in [5.41, 5.74) is 2.55. The Morgan fingerprint density at radius 2 is 2.00 bits per heavy atom. The van der Waals surface area contributed by atoms with Crippen molar-refractivity contribution in [3.05, 3.63) is 47.3 Å². The van der Waals surface area contributed by atoms with Crippen LogP contribution in [0.15, 0.2) is 35.4 Å². The molecule has 2 aromatic rings. The summed E-state index contributed by atoms with van der Waals surface area (Å²) in [6.45, 7) is 2.08. The highest BCUT2D eigenvalue weighted by atomic mass is 32.2. The first-order valence-electron chi connectivity index (χ1n) is 6.37. The molecule has 1 aromatic heterocycles. The second-order valence-corrected chi connectivity index (χ2v) is 6.45. The highest BCUT2D eigenvalue weighted by Gasteiger charge is 2.14. The van der Waals surface area contributed by atoms with Gasteiger partial charge in [-0.25, -0.2) is 13.1 Å². The van der Waals surface area contributed by atoms with Crippen molar-refractivity contribution in [2.45, 2.75) is 24.8 Å². The van der Waals surface area contributed by atoms with E-state index in [1.54, 1.807) is 30.1 Å². The van der Waals surface area contributed by atoms with Gasteiger partial charge in [-0.3, -0.25) is 4.68 Å². The van der Waals surface area contributed by atoms with Gasteiger partial charge in [-0.2, -0.15) is 10.4 Å². The Morgan fingerprint density at radius 1 is 1.33 bits per heavy atom. The molecule has 0 amide bonds. The molecular weight excluding hydrogens is 288 g/mol. The van der Waals surface area contributed by atoms with Crippen LogP contribution >= 0.6 is 0 Å². The zero-order valence-electron chi connectivity index (χ0n) is 11.9. The van der Waals surface area contributed by atoms with Crippen LogP contribution in [0.2, 0.25) is 0 Å². The largest absolute Gasteiger partial charge is 0.273 e. The van der Waals surface area contributed by atoms with Crippen molar-refractivity contribution in [3.63, 3.8) is 0 Å². The van der Waals surface area contributed by atoms with Crippen molar-refractivity contribution < 1.29 is 8.42 Å².